The van der Waals surface area contributed by atoms with Gasteiger partial charge in [-0.15, -0.1) is 0 Å². The van der Waals surface area contributed by atoms with Crippen molar-refractivity contribution in [3.05, 3.63) is 59.4 Å². The van der Waals surface area contributed by atoms with Crippen molar-refractivity contribution in [2.24, 2.45) is 0 Å². The summed E-state index contributed by atoms with van der Waals surface area (Å²) >= 11 is 5.08. The maximum Gasteiger partial charge on any atom is 0.439 e. The second-order valence-electron chi connectivity index (χ2n) is 3.80. The monoisotopic (exact) mass is 274 g/mol. The molecule has 0 spiro atoms. The van der Waals surface area contributed by atoms with E-state index in [0.717, 1.165) is 5.69 Å². The third kappa shape index (κ3) is 3.20. The summed E-state index contributed by atoms with van der Waals surface area (Å²) in [6.07, 6.45) is 1.15. The van der Waals surface area contributed by atoms with E-state index < -0.39 is 6.09 Å². The summed E-state index contributed by atoms with van der Waals surface area (Å²) in [4.78, 5) is 18.9. The van der Waals surface area contributed by atoms with E-state index in [1.165, 1.54) is 9.63 Å². The zero-order chi connectivity index (χ0) is 13.7. The van der Waals surface area contributed by atoms with Crippen LogP contribution in [0.25, 0.3) is 0 Å². The molecule has 1 amide bonds. The molecule has 2 aromatic rings. The molecule has 0 N–H and O–H groups in total. The summed E-state index contributed by atoms with van der Waals surface area (Å²) < 4.78 is 1.73. The SMILES string of the molecule is CCN(C(=O)On1ccccc1=S)c1ccccc1. The Morgan fingerprint density at radius 1 is 1.21 bits per heavy atom. The predicted octanol–water partition coefficient (Wildman–Crippen LogP) is 3.29. The Hall–Kier alpha value is -2.14. The quantitative estimate of drug-likeness (QED) is 0.805. The molecule has 1 heterocycles. The summed E-state index contributed by atoms with van der Waals surface area (Å²) in [5.74, 6) is 0. The van der Waals surface area contributed by atoms with E-state index in [9.17, 15) is 4.79 Å². The van der Waals surface area contributed by atoms with Crippen molar-refractivity contribution in [3.8, 4) is 0 Å². The van der Waals surface area contributed by atoms with Crippen LogP contribution in [0.3, 0.4) is 0 Å². The molecule has 1 aromatic heterocycles. The summed E-state index contributed by atoms with van der Waals surface area (Å²) in [5.41, 5.74) is 0.789. The highest BCUT2D eigenvalue weighted by Crippen LogP contribution is 2.13. The lowest BCUT2D eigenvalue weighted by atomic mass is 10.3. The summed E-state index contributed by atoms with van der Waals surface area (Å²) in [6.45, 7) is 2.40. The average molecular weight is 274 g/mol. The smallest absolute Gasteiger partial charge is 0.316 e. The van der Waals surface area contributed by atoms with E-state index in [1.54, 1.807) is 24.4 Å². The summed E-state index contributed by atoms with van der Waals surface area (Å²) in [6, 6.07) is 14.6. The largest absolute Gasteiger partial charge is 0.439 e. The van der Waals surface area contributed by atoms with E-state index >= 15 is 0 Å². The third-order valence-corrected chi connectivity index (χ3v) is 2.89. The van der Waals surface area contributed by atoms with Crippen molar-refractivity contribution >= 4 is 24.0 Å². The Morgan fingerprint density at radius 2 is 1.89 bits per heavy atom. The van der Waals surface area contributed by atoms with Gasteiger partial charge in [-0.3, -0.25) is 4.90 Å². The van der Waals surface area contributed by atoms with E-state index in [4.69, 9.17) is 17.1 Å². The molecule has 0 aliphatic rings. The Kier molecular flexibility index (Phi) is 4.30. The number of rotatable bonds is 3. The molecule has 0 fully saturated rings. The van der Waals surface area contributed by atoms with Gasteiger partial charge in [0, 0.05) is 18.4 Å². The molecular weight excluding hydrogens is 260 g/mol. The molecule has 0 atom stereocenters. The molecule has 19 heavy (non-hydrogen) atoms. The van der Waals surface area contributed by atoms with Crippen molar-refractivity contribution < 1.29 is 9.63 Å². The predicted molar refractivity (Wildman–Crippen MR) is 76.7 cm³/mol. The van der Waals surface area contributed by atoms with Gasteiger partial charge in [0.1, 0.15) is 4.64 Å². The highest BCUT2D eigenvalue weighted by atomic mass is 32.1. The standard InChI is InChI=1S/C14H14N2O2S/c1-2-15(12-8-4-3-5-9-12)14(17)18-16-11-7-6-10-13(16)19/h3-11H,2H2,1H3. The molecule has 4 nitrogen and oxygen atoms in total. The number of carbonyl (C=O) groups excluding carboxylic acids is 1. The number of pyridine rings is 1. The molecule has 0 aliphatic carbocycles. The maximum absolute atomic E-state index is 12.1. The van der Waals surface area contributed by atoms with E-state index in [2.05, 4.69) is 0 Å². The first-order valence-electron chi connectivity index (χ1n) is 5.95. The fourth-order valence-electron chi connectivity index (χ4n) is 1.65. The Bertz CT molecular complexity index is 610. The second kappa shape index (κ2) is 6.15. The molecule has 1 aromatic carbocycles. The molecule has 0 unspecified atom stereocenters. The van der Waals surface area contributed by atoms with Crippen LogP contribution in [0.1, 0.15) is 6.92 Å². The number of anilines is 1. The Morgan fingerprint density at radius 3 is 2.53 bits per heavy atom. The van der Waals surface area contributed by atoms with Crippen molar-refractivity contribution in [1.29, 1.82) is 0 Å². The van der Waals surface area contributed by atoms with Gasteiger partial charge in [0.2, 0.25) is 0 Å². The zero-order valence-corrected chi connectivity index (χ0v) is 11.3. The molecule has 0 bridgehead atoms. The first-order valence-corrected chi connectivity index (χ1v) is 6.35. The van der Waals surface area contributed by atoms with Gasteiger partial charge in [0.25, 0.3) is 0 Å². The second-order valence-corrected chi connectivity index (χ2v) is 4.22. The van der Waals surface area contributed by atoms with Gasteiger partial charge in [-0.2, -0.15) is 4.73 Å². The fourth-order valence-corrected chi connectivity index (χ4v) is 1.82. The number of nitrogens with zero attached hydrogens (tertiary/aromatic N) is 2. The average Bonchev–Trinajstić information content (AvgIpc) is 2.43. The van der Waals surface area contributed by atoms with E-state index in [-0.39, 0.29) is 0 Å². The van der Waals surface area contributed by atoms with Gasteiger partial charge in [0.15, 0.2) is 0 Å². The Labute approximate surface area is 116 Å². The highest BCUT2D eigenvalue weighted by molar-refractivity contribution is 7.71. The van der Waals surface area contributed by atoms with Gasteiger partial charge < -0.3 is 4.84 Å². The molecule has 0 radical (unpaired) electrons. The number of carbonyl (C=O) groups is 1. The lowest BCUT2D eigenvalue weighted by Gasteiger charge is -2.20. The van der Waals surface area contributed by atoms with E-state index in [1.807, 2.05) is 37.3 Å². The minimum Gasteiger partial charge on any atom is -0.316 e. The van der Waals surface area contributed by atoms with Crippen LogP contribution in [0.2, 0.25) is 0 Å². The van der Waals surface area contributed by atoms with Crippen molar-refractivity contribution in [2.45, 2.75) is 6.92 Å². The Balaban J connectivity index is 2.19. The number of hydrogen-bond donors (Lipinski definition) is 0. The number of para-hydroxylation sites is 1. The van der Waals surface area contributed by atoms with Crippen LogP contribution >= 0.6 is 12.2 Å². The van der Waals surface area contributed by atoms with Crippen molar-refractivity contribution in [2.75, 3.05) is 11.4 Å². The van der Waals surface area contributed by atoms with Crippen LogP contribution in [0.15, 0.2) is 54.7 Å². The van der Waals surface area contributed by atoms with Gasteiger partial charge in [-0.25, -0.2) is 4.79 Å². The summed E-state index contributed by atoms with van der Waals surface area (Å²) in [5, 5.41) is 0. The van der Waals surface area contributed by atoms with Crippen LogP contribution in [0.4, 0.5) is 10.5 Å². The molecule has 0 saturated carbocycles. The molecule has 5 heteroatoms. The topological polar surface area (TPSA) is 34.5 Å². The first-order chi connectivity index (χ1) is 9.22. The molecular formula is C14H14N2O2S. The molecule has 98 valence electrons. The fraction of sp³-hybridized carbons (Fsp3) is 0.143. The van der Waals surface area contributed by atoms with Crippen LogP contribution in [0.5, 0.6) is 0 Å². The minimum absolute atomic E-state index is 0.444. The minimum atomic E-state index is -0.462. The van der Waals surface area contributed by atoms with Crippen LogP contribution in [-0.4, -0.2) is 17.4 Å². The number of aromatic nitrogens is 1. The van der Waals surface area contributed by atoms with Crippen LogP contribution in [0, 0.1) is 4.64 Å². The molecule has 2 rings (SSSR count). The maximum atomic E-state index is 12.1. The number of amides is 1. The normalized spacial score (nSPS) is 9.95. The zero-order valence-electron chi connectivity index (χ0n) is 10.5. The van der Waals surface area contributed by atoms with Crippen molar-refractivity contribution in [1.82, 2.24) is 4.73 Å². The number of hydrogen-bond acceptors (Lipinski definition) is 3. The van der Waals surface area contributed by atoms with Crippen LogP contribution < -0.4 is 9.74 Å². The van der Waals surface area contributed by atoms with Gasteiger partial charge in [-0.05, 0) is 31.2 Å². The molecule has 0 aliphatic heterocycles. The van der Waals surface area contributed by atoms with Gasteiger partial charge >= 0.3 is 6.09 Å². The van der Waals surface area contributed by atoms with Gasteiger partial charge in [-0.1, -0.05) is 36.5 Å². The number of benzene rings is 1. The van der Waals surface area contributed by atoms with Crippen LogP contribution in [-0.2, 0) is 0 Å². The lowest BCUT2D eigenvalue weighted by Crippen LogP contribution is -2.37. The van der Waals surface area contributed by atoms with E-state index in [0.29, 0.717) is 11.2 Å². The van der Waals surface area contributed by atoms with Gasteiger partial charge in [0.05, 0.1) is 0 Å². The lowest BCUT2D eigenvalue weighted by molar-refractivity contribution is 0.138. The molecule has 0 saturated heterocycles. The first kappa shape index (κ1) is 13.3. The van der Waals surface area contributed by atoms with Crippen molar-refractivity contribution in [3.63, 3.8) is 0 Å². The summed E-state index contributed by atoms with van der Waals surface area (Å²) in [7, 11) is 0. The highest BCUT2D eigenvalue weighted by Gasteiger charge is 2.15. The third-order valence-electron chi connectivity index (χ3n) is 2.57.